The van der Waals surface area contributed by atoms with Gasteiger partial charge in [-0.15, -0.1) is 0 Å². The number of halogens is 2. The van der Waals surface area contributed by atoms with E-state index < -0.39 is 17.7 Å². The molecule has 1 aliphatic rings. The van der Waals surface area contributed by atoms with Gasteiger partial charge in [0, 0.05) is 31.9 Å². The summed E-state index contributed by atoms with van der Waals surface area (Å²) in [5.74, 6) is -1.75. The minimum absolute atomic E-state index is 0.266. The van der Waals surface area contributed by atoms with Crippen LogP contribution in [0.3, 0.4) is 0 Å². The first-order valence-electron chi connectivity index (χ1n) is 7.02. The first kappa shape index (κ1) is 14.6. The number of carbonyl (C=O) groups is 1. The number of aryl methyl sites for hydroxylation is 1. The minimum Gasteiger partial charge on any atom is -0.306 e. The van der Waals surface area contributed by atoms with Gasteiger partial charge in [0.2, 0.25) is 5.91 Å². The van der Waals surface area contributed by atoms with E-state index in [2.05, 4.69) is 10.4 Å². The second kappa shape index (κ2) is 5.84. The van der Waals surface area contributed by atoms with Crippen LogP contribution in [0.15, 0.2) is 30.6 Å². The van der Waals surface area contributed by atoms with Crippen LogP contribution in [0.5, 0.6) is 0 Å². The van der Waals surface area contributed by atoms with Gasteiger partial charge in [-0.1, -0.05) is 6.07 Å². The van der Waals surface area contributed by atoms with Gasteiger partial charge in [0.1, 0.15) is 17.3 Å². The average molecular weight is 306 g/mol. The highest BCUT2D eigenvalue weighted by Crippen LogP contribution is 2.27. The summed E-state index contributed by atoms with van der Waals surface area (Å²) in [7, 11) is 1.81. The van der Waals surface area contributed by atoms with Gasteiger partial charge in [-0.3, -0.25) is 9.48 Å². The lowest BCUT2D eigenvalue weighted by atomic mass is 10.2. The molecule has 116 valence electrons. The molecule has 1 atom stereocenters. The summed E-state index contributed by atoms with van der Waals surface area (Å²) in [5, 5.41) is 7.16. The third-order valence-electron chi connectivity index (χ3n) is 3.72. The molecule has 1 aliphatic heterocycles. The number of aromatic nitrogens is 2. The second-order valence-electron chi connectivity index (χ2n) is 5.30. The zero-order valence-corrected chi connectivity index (χ0v) is 12.1. The molecule has 0 aliphatic carbocycles. The Morgan fingerprint density at radius 1 is 1.36 bits per heavy atom. The molecule has 0 unspecified atom stereocenters. The van der Waals surface area contributed by atoms with E-state index in [0.29, 0.717) is 19.5 Å². The van der Waals surface area contributed by atoms with Crippen molar-refractivity contribution < 1.29 is 13.6 Å². The van der Waals surface area contributed by atoms with Crippen LogP contribution in [0.1, 0.15) is 12.0 Å². The summed E-state index contributed by atoms with van der Waals surface area (Å²) in [4.78, 5) is 13.5. The van der Waals surface area contributed by atoms with E-state index in [1.807, 2.05) is 13.2 Å². The summed E-state index contributed by atoms with van der Waals surface area (Å²) in [5.41, 5.74) is 0.684. The molecule has 1 aromatic carbocycles. The lowest BCUT2D eigenvalue weighted by Crippen LogP contribution is -2.38. The Morgan fingerprint density at radius 2 is 2.09 bits per heavy atom. The van der Waals surface area contributed by atoms with Crippen molar-refractivity contribution in [2.75, 3.05) is 11.4 Å². The zero-order valence-electron chi connectivity index (χ0n) is 12.1. The summed E-state index contributed by atoms with van der Waals surface area (Å²) in [6.45, 7) is 0.777. The molecule has 0 radical (unpaired) electrons. The number of rotatable bonds is 4. The highest BCUT2D eigenvalue weighted by atomic mass is 19.1. The smallest absolute Gasteiger partial charge is 0.244 e. The lowest BCUT2D eigenvalue weighted by Gasteiger charge is -2.18. The SMILES string of the molecule is Cn1cc(CN[C@@H]2CCN(c3c(F)cccc3F)C2=O)cn1. The Kier molecular flexibility index (Phi) is 3.89. The summed E-state index contributed by atoms with van der Waals surface area (Å²) in [6, 6.07) is 3.15. The first-order chi connectivity index (χ1) is 10.6. The average Bonchev–Trinajstić information content (AvgIpc) is 3.04. The molecular weight excluding hydrogens is 290 g/mol. The number of para-hydroxylation sites is 1. The van der Waals surface area contributed by atoms with Crippen LogP contribution in [0.25, 0.3) is 0 Å². The standard InChI is InChI=1S/C15H16F2N4O/c1-20-9-10(8-19-20)7-18-13-5-6-21(15(13)22)14-11(16)3-2-4-12(14)17/h2-4,8-9,13,18H,5-7H2,1H3/t13-/m1/s1. The Hall–Kier alpha value is -2.28. The molecule has 1 amide bonds. The number of amides is 1. The third-order valence-corrected chi connectivity index (χ3v) is 3.72. The minimum atomic E-state index is -0.721. The van der Waals surface area contributed by atoms with Gasteiger partial charge in [0.05, 0.1) is 12.2 Å². The van der Waals surface area contributed by atoms with E-state index >= 15 is 0 Å². The van der Waals surface area contributed by atoms with Crippen LogP contribution in [0.2, 0.25) is 0 Å². The second-order valence-corrected chi connectivity index (χ2v) is 5.30. The van der Waals surface area contributed by atoms with Gasteiger partial charge in [-0.2, -0.15) is 5.10 Å². The highest BCUT2D eigenvalue weighted by Gasteiger charge is 2.34. The largest absolute Gasteiger partial charge is 0.306 e. The molecule has 0 saturated carbocycles. The van der Waals surface area contributed by atoms with Gasteiger partial charge in [0.25, 0.3) is 0 Å². The molecule has 1 N–H and O–H groups in total. The maximum Gasteiger partial charge on any atom is 0.244 e. The van der Waals surface area contributed by atoms with E-state index in [0.717, 1.165) is 17.7 Å². The fourth-order valence-electron chi connectivity index (χ4n) is 2.64. The van der Waals surface area contributed by atoms with Gasteiger partial charge < -0.3 is 10.2 Å². The molecule has 2 aromatic rings. The maximum absolute atomic E-state index is 13.8. The number of nitrogens with zero attached hydrogens (tertiary/aromatic N) is 3. The number of anilines is 1. The highest BCUT2D eigenvalue weighted by molar-refractivity contribution is 5.99. The first-order valence-corrected chi connectivity index (χ1v) is 7.02. The summed E-state index contributed by atoms with van der Waals surface area (Å²) < 4.78 is 29.3. The van der Waals surface area contributed by atoms with E-state index in [4.69, 9.17) is 0 Å². The molecule has 0 spiro atoms. The molecule has 1 fully saturated rings. The molecule has 7 heteroatoms. The Bertz CT molecular complexity index is 680. The van der Waals surface area contributed by atoms with Crippen molar-refractivity contribution in [2.45, 2.75) is 19.0 Å². The van der Waals surface area contributed by atoms with Crippen molar-refractivity contribution in [3.63, 3.8) is 0 Å². The maximum atomic E-state index is 13.8. The van der Waals surface area contributed by atoms with Crippen molar-refractivity contribution >= 4 is 11.6 Å². The Labute approximate surface area is 126 Å². The van der Waals surface area contributed by atoms with Crippen LogP contribution in [0, 0.1) is 11.6 Å². The zero-order chi connectivity index (χ0) is 15.7. The number of nitrogens with one attached hydrogen (secondary N) is 1. The summed E-state index contributed by atoms with van der Waals surface area (Å²) >= 11 is 0. The van der Waals surface area contributed by atoms with Crippen LogP contribution in [0.4, 0.5) is 14.5 Å². The van der Waals surface area contributed by atoms with E-state index in [1.54, 1.807) is 10.9 Å². The van der Waals surface area contributed by atoms with Gasteiger partial charge in [-0.25, -0.2) is 8.78 Å². The quantitative estimate of drug-likeness (QED) is 0.933. The molecular formula is C15H16F2N4O. The van der Waals surface area contributed by atoms with Crippen molar-refractivity contribution in [3.05, 3.63) is 47.8 Å². The molecule has 1 saturated heterocycles. The monoisotopic (exact) mass is 306 g/mol. The molecule has 2 heterocycles. The van der Waals surface area contributed by atoms with E-state index in [1.165, 1.54) is 11.0 Å². The van der Waals surface area contributed by atoms with Crippen LogP contribution in [-0.4, -0.2) is 28.3 Å². The fourth-order valence-corrected chi connectivity index (χ4v) is 2.64. The van der Waals surface area contributed by atoms with Crippen molar-refractivity contribution in [1.29, 1.82) is 0 Å². The molecule has 5 nitrogen and oxygen atoms in total. The third kappa shape index (κ3) is 2.71. The lowest BCUT2D eigenvalue weighted by molar-refractivity contribution is -0.118. The van der Waals surface area contributed by atoms with Crippen LogP contribution >= 0.6 is 0 Å². The Balaban J connectivity index is 1.69. The van der Waals surface area contributed by atoms with Crippen molar-refractivity contribution in [1.82, 2.24) is 15.1 Å². The predicted octanol–water partition coefficient (Wildman–Crippen LogP) is 1.59. The molecule has 3 rings (SSSR count). The van der Waals surface area contributed by atoms with E-state index in [9.17, 15) is 13.6 Å². The normalized spacial score (nSPS) is 18.2. The van der Waals surface area contributed by atoms with Crippen LogP contribution < -0.4 is 10.2 Å². The fraction of sp³-hybridized carbons (Fsp3) is 0.333. The molecule has 22 heavy (non-hydrogen) atoms. The van der Waals surface area contributed by atoms with Crippen molar-refractivity contribution in [3.8, 4) is 0 Å². The Morgan fingerprint density at radius 3 is 2.73 bits per heavy atom. The topological polar surface area (TPSA) is 50.2 Å². The number of hydrogen-bond donors (Lipinski definition) is 1. The van der Waals surface area contributed by atoms with Gasteiger partial charge in [0.15, 0.2) is 0 Å². The van der Waals surface area contributed by atoms with E-state index in [-0.39, 0.29) is 11.6 Å². The summed E-state index contributed by atoms with van der Waals surface area (Å²) in [6.07, 6.45) is 4.06. The number of benzene rings is 1. The number of hydrogen-bond acceptors (Lipinski definition) is 3. The molecule has 0 bridgehead atoms. The predicted molar refractivity (Wildman–Crippen MR) is 77.2 cm³/mol. The number of carbonyl (C=O) groups excluding carboxylic acids is 1. The van der Waals surface area contributed by atoms with Gasteiger partial charge in [-0.05, 0) is 18.6 Å². The van der Waals surface area contributed by atoms with Gasteiger partial charge >= 0.3 is 0 Å². The molecule has 1 aromatic heterocycles. The van der Waals surface area contributed by atoms with Crippen molar-refractivity contribution in [2.24, 2.45) is 7.05 Å². The van der Waals surface area contributed by atoms with Crippen LogP contribution in [-0.2, 0) is 18.4 Å².